The lowest BCUT2D eigenvalue weighted by Crippen LogP contribution is -2.26. The van der Waals surface area contributed by atoms with Crippen LogP contribution in [0.25, 0.3) is 0 Å². The zero-order valence-electron chi connectivity index (χ0n) is 7.93. The van der Waals surface area contributed by atoms with Crippen molar-refractivity contribution >= 4 is 7.12 Å². The van der Waals surface area contributed by atoms with Gasteiger partial charge in [0.2, 0.25) is 0 Å². The summed E-state index contributed by atoms with van der Waals surface area (Å²) < 4.78 is 11.0. The van der Waals surface area contributed by atoms with E-state index in [1.165, 1.54) is 0 Å². The van der Waals surface area contributed by atoms with E-state index in [1.807, 2.05) is 31.2 Å². The highest BCUT2D eigenvalue weighted by molar-refractivity contribution is 6.47. The molecule has 0 N–H and O–H groups in total. The molecule has 0 fully saturated rings. The summed E-state index contributed by atoms with van der Waals surface area (Å²) in [6, 6.07) is 9.70. The minimum atomic E-state index is -0.304. The fourth-order valence-corrected chi connectivity index (χ4v) is 1.39. The smallest absolute Gasteiger partial charge is 0.523 e. The van der Waals surface area contributed by atoms with Crippen LogP contribution in [0.3, 0.4) is 0 Å². The first kappa shape index (κ1) is 8.95. The Morgan fingerprint density at radius 2 is 1.93 bits per heavy atom. The number of nitrogens with zero attached hydrogens (tertiary/aromatic N) is 1. The van der Waals surface area contributed by atoms with E-state index < -0.39 is 0 Å². The highest BCUT2D eigenvalue weighted by Crippen LogP contribution is 2.34. The van der Waals surface area contributed by atoms with Crippen LogP contribution >= 0.6 is 0 Å². The van der Waals surface area contributed by atoms with Crippen molar-refractivity contribution in [2.24, 2.45) is 5.92 Å². The third-order valence-corrected chi connectivity index (χ3v) is 2.13. The van der Waals surface area contributed by atoms with Gasteiger partial charge in [0, 0.05) is 12.2 Å². The minimum absolute atomic E-state index is 0.0469. The first-order chi connectivity index (χ1) is 6.79. The zero-order valence-corrected chi connectivity index (χ0v) is 7.93. The van der Waals surface area contributed by atoms with Crippen LogP contribution in [-0.4, -0.2) is 7.12 Å². The number of benzene rings is 1. The van der Waals surface area contributed by atoms with Gasteiger partial charge in [-0.15, -0.1) is 0 Å². The van der Waals surface area contributed by atoms with Gasteiger partial charge >= 0.3 is 7.12 Å². The summed E-state index contributed by atoms with van der Waals surface area (Å²) in [5, 5.41) is 8.65. The molecule has 1 aliphatic heterocycles. The van der Waals surface area contributed by atoms with Crippen molar-refractivity contribution in [2.75, 3.05) is 0 Å². The van der Waals surface area contributed by atoms with Crippen molar-refractivity contribution in [3.8, 4) is 17.6 Å². The third kappa shape index (κ3) is 1.67. The van der Waals surface area contributed by atoms with Crippen molar-refractivity contribution in [3.05, 3.63) is 24.3 Å². The number of nitriles is 1. The molecule has 0 radical (unpaired) electrons. The fraction of sp³-hybridized carbons (Fsp3) is 0.300. The number of rotatable bonds is 2. The van der Waals surface area contributed by atoms with Crippen molar-refractivity contribution in [2.45, 2.75) is 13.2 Å². The standard InChI is InChI=1S/C10H10BNO2/c1-8(7-12)6-11-13-9-4-2-3-5-10(9)14-11/h2-5,8H,6H2,1H3. The van der Waals surface area contributed by atoms with Gasteiger partial charge in [0.05, 0.1) is 6.07 Å². The Bertz CT molecular complexity index is 350. The highest BCUT2D eigenvalue weighted by atomic mass is 16.6. The van der Waals surface area contributed by atoms with Crippen LogP contribution in [0.15, 0.2) is 24.3 Å². The Labute approximate surface area is 83.4 Å². The lowest BCUT2D eigenvalue weighted by Gasteiger charge is -2.04. The van der Waals surface area contributed by atoms with Gasteiger partial charge in [-0.25, -0.2) is 0 Å². The molecule has 1 atom stereocenters. The second kappa shape index (κ2) is 3.63. The molecule has 0 amide bonds. The summed E-state index contributed by atoms with van der Waals surface area (Å²) in [5.41, 5.74) is 0. The van der Waals surface area contributed by atoms with Crippen molar-refractivity contribution < 1.29 is 9.31 Å². The van der Waals surface area contributed by atoms with E-state index in [9.17, 15) is 0 Å². The summed E-state index contributed by atoms with van der Waals surface area (Å²) in [7, 11) is -0.304. The van der Waals surface area contributed by atoms with Crippen LogP contribution in [0, 0.1) is 17.2 Å². The molecule has 0 aliphatic carbocycles. The number of para-hydroxylation sites is 2. The molecule has 1 aromatic rings. The van der Waals surface area contributed by atoms with Gasteiger partial charge in [0.15, 0.2) is 0 Å². The van der Waals surface area contributed by atoms with E-state index >= 15 is 0 Å². The molecule has 0 aromatic heterocycles. The molecule has 1 aliphatic rings. The Morgan fingerprint density at radius 3 is 2.43 bits per heavy atom. The first-order valence-corrected chi connectivity index (χ1v) is 4.61. The van der Waals surface area contributed by atoms with Crippen LogP contribution in [0.1, 0.15) is 6.92 Å². The molecule has 1 aromatic carbocycles. The Hall–Kier alpha value is -1.63. The minimum Gasteiger partial charge on any atom is -0.523 e. The maximum absolute atomic E-state index is 8.65. The van der Waals surface area contributed by atoms with Crippen molar-refractivity contribution in [1.29, 1.82) is 5.26 Å². The third-order valence-electron chi connectivity index (χ3n) is 2.13. The second-order valence-electron chi connectivity index (χ2n) is 3.38. The van der Waals surface area contributed by atoms with E-state index in [-0.39, 0.29) is 13.0 Å². The highest BCUT2D eigenvalue weighted by Gasteiger charge is 2.32. The number of fused-ring (bicyclic) bond motifs is 1. The lowest BCUT2D eigenvalue weighted by atomic mass is 9.79. The molecular formula is C10H10BNO2. The quantitative estimate of drug-likeness (QED) is 0.665. The van der Waals surface area contributed by atoms with E-state index in [1.54, 1.807) is 0 Å². The number of hydrogen-bond donors (Lipinski definition) is 0. The predicted molar refractivity (Wildman–Crippen MR) is 53.0 cm³/mol. The van der Waals surface area contributed by atoms with Gasteiger partial charge in [0.25, 0.3) is 0 Å². The van der Waals surface area contributed by atoms with Gasteiger partial charge in [-0.2, -0.15) is 5.26 Å². The van der Waals surface area contributed by atoms with Crippen LogP contribution in [0.4, 0.5) is 0 Å². The molecule has 2 rings (SSSR count). The van der Waals surface area contributed by atoms with Crippen LogP contribution < -0.4 is 9.31 Å². The average Bonchev–Trinajstić information content (AvgIpc) is 2.59. The fourth-order valence-electron chi connectivity index (χ4n) is 1.39. The van der Waals surface area contributed by atoms with Gasteiger partial charge in [-0.3, -0.25) is 0 Å². The summed E-state index contributed by atoms with van der Waals surface area (Å²) in [4.78, 5) is 0. The van der Waals surface area contributed by atoms with Gasteiger partial charge in [-0.1, -0.05) is 12.1 Å². The summed E-state index contributed by atoms with van der Waals surface area (Å²) in [6.45, 7) is 1.86. The molecule has 0 bridgehead atoms. The SMILES string of the molecule is CC(C#N)CB1Oc2ccccc2O1. The molecule has 14 heavy (non-hydrogen) atoms. The molecule has 0 saturated carbocycles. The first-order valence-electron chi connectivity index (χ1n) is 4.61. The largest absolute Gasteiger partial charge is 0.596 e. The molecule has 1 unspecified atom stereocenters. The molecule has 3 nitrogen and oxygen atoms in total. The molecule has 0 saturated heterocycles. The van der Waals surface area contributed by atoms with E-state index in [4.69, 9.17) is 14.6 Å². The molecule has 1 heterocycles. The monoisotopic (exact) mass is 187 g/mol. The molecule has 70 valence electrons. The summed E-state index contributed by atoms with van der Waals surface area (Å²) in [5.74, 6) is 1.49. The van der Waals surface area contributed by atoms with Gasteiger partial charge in [0.1, 0.15) is 11.5 Å². The normalized spacial score (nSPS) is 15.0. The van der Waals surface area contributed by atoms with E-state index in [0.717, 1.165) is 11.5 Å². The average molecular weight is 187 g/mol. The predicted octanol–water partition coefficient (Wildman–Crippen LogP) is 2.11. The molecule has 4 heteroatoms. The van der Waals surface area contributed by atoms with E-state index in [0.29, 0.717) is 6.32 Å². The van der Waals surface area contributed by atoms with Gasteiger partial charge < -0.3 is 9.31 Å². The Morgan fingerprint density at radius 1 is 1.36 bits per heavy atom. The van der Waals surface area contributed by atoms with Gasteiger partial charge in [-0.05, 0) is 19.1 Å². The Balaban J connectivity index is 2.02. The second-order valence-corrected chi connectivity index (χ2v) is 3.38. The number of hydrogen-bond acceptors (Lipinski definition) is 3. The maximum Gasteiger partial charge on any atom is 0.596 e. The maximum atomic E-state index is 8.65. The molecule has 0 spiro atoms. The van der Waals surface area contributed by atoms with E-state index in [2.05, 4.69) is 6.07 Å². The van der Waals surface area contributed by atoms with Crippen LogP contribution in [0.5, 0.6) is 11.5 Å². The summed E-state index contributed by atoms with van der Waals surface area (Å²) >= 11 is 0. The zero-order chi connectivity index (χ0) is 9.97. The van der Waals surface area contributed by atoms with Crippen molar-refractivity contribution in [3.63, 3.8) is 0 Å². The lowest BCUT2D eigenvalue weighted by molar-refractivity contribution is 0.486. The van der Waals surface area contributed by atoms with Crippen LogP contribution in [-0.2, 0) is 0 Å². The van der Waals surface area contributed by atoms with Crippen molar-refractivity contribution in [1.82, 2.24) is 0 Å². The summed E-state index contributed by atoms with van der Waals surface area (Å²) in [6.07, 6.45) is 0.602. The van der Waals surface area contributed by atoms with Crippen LogP contribution in [0.2, 0.25) is 6.32 Å². The Kier molecular flexibility index (Phi) is 2.32. The topological polar surface area (TPSA) is 42.2 Å². The molecular weight excluding hydrogens is 177 g/mol.